The summed E-state index contributed by atoms with van der Waals surface area (Å²) >= 11 is 0. The van der Waals surface area contributed by atoms with Gasteiger partial charge >= 0.3 is 0 Å². The Morgan fingerprint density at radius 3 is 2.41 bits per heavy atom. The summed E-state index contributed by atoms with van der Waals surface area (Å²) in [5.74, 6) is -0.369. The van der Waals surface area contributed by atoms with Gasteiger partial charge < -0.3 is 14.8 Å². The molecule has 1 N–H and O–H groups in total. The fourth-order valence-electron chi connectivity index (χ4n) is 2.81. The molecule has 0 aliphatic carbocycles. The standard InChI is InChI=1S/C18H19N3O7S/c1-27-17-12-14(21(23)24)4-7-16(17)19-18(22)13-2-5-15(6-3-13)29(25,26)20-8-10-28-11-9-20/h2-7,12H,8-11H2,1H3,(H,19,22). The molecule has 1 heterocycles. The third kappa shape index (κ3) is 4.53. The van der Waals surface area contributed by atoms with Gasteiger partial charge in [0.2, 0.25) is 10.0 Å². The van der Waals surface area contributed by atoms with Gasteiger partial charge in [-0.15, -0.1) is 0 Å². The predicted octanol–water partition coefficient (Wildman–Crippen LogP) is 1.88. The molecule has 1 amide bonds. The van der Waals surface area contributed by atoms with Gasteiger partial charge in [0.15, 0.2) is 0 Å². The SMILES string of the molecule is COc1cc([N+](=O)[O-])ccc1NC(=O)c1ccc(S(=O)(=O)N2CCOCC2)cc1. The van der Waals surface area contributed by atoms with Crippen molar-refractivity contribution in [2.45, 2.75) is 4.90 Å². The van der Waals surface area contributed by atoms with Crippen molar-refractivity contribution in [3.8, 4) is 5.75 Å². The number of morpholine rings is 1. The van der Waals surface area contributed by atoms with Crippen LogP contribution in [0.15, 0.2) is 47.4 Å². The number of nitrogens with zero attached hydrogens (tertiary/aromatic N) is 2. The topological polar surface area (TPSA) is 128 Å². The van der Waals surface area contributed by atoms with Gasteiger partial charge in [0.25, 0.3) is 11.6 Å². The van der Waals surface area contributed by atoms with Crippen LogP contribution in [0.1, 0.15) is 10.4 Å². The Morgan fingerprint density at radius 1 is 1.17 bits per heavy atom. The molecule has 1 fully saturated rings. The maximum absolute atomic E-state index is 12.6. The van der Waals surface area contributed by atoms with Crippen LogP contribution in [0.25, 0.3) is 0 Å². The van der Waals surface area contributed by atoms with Crippen molar-refractivity contribution in [3.63, 3.8) is 0 Å². The van der Waals surface area contributed by atoms with E-state index < -0.39 is 20.9 Å². The van der Waals surface area contributed by atoms with Crippen LogP contribution in [-0.2, 0) is 14.8 Å². The maximum atomic E-state index is 12.6. The van der Waals surface area contributed by atoms with Crippen molar-refractivity contribution >= 4 is 27.3 Å². The van der Waals surface area contributed by atoms with Crippen molar-refractivity contribution in [2.75, 3.05) is 38.7 Å². The van der Waals surface area contributed by atoms with Crippen molar-refractivity contribution in [2.24, 2.45) is 0 Å². The molecule has 11 heteroatoms. The number of carbonyl (C=O) groups is 1. The van der Waals surface area contributed by atoms with E-state index in [0.29, 0.717) is 13.2 Å². The third-order valence-electron chi connectivity index (χ3n) is 4.37. The highest BCUT2D eigenvalue weighted by molar-refractivity contribution is 7.89. The quantitative estimate of drug-likeness (QED) is 0.557. The molecule has 3 rings (SSSR count). The Balaban J connectivity index is 1.76. The number of methoxy groups -OCH3 is 1. The van der Waals surface area contributed by atoms with E-state index in [9.17, 15) is 23.3 Å². The average Bonchev–Trinajstić information content (AvgIpc) is 2.74. The number of hydrogen-bond acceptors (Lipinski definition) is 7. The molecule has 0 saturated carbocycles. The number of non-ortho nitro benzene ring substituents is 1. The summed E-state index contributed by atoms with van der Waals surface area (Å²) < 4.78 is 36.9. The molecular weight excluding hydrogens is 402 g/mol. The summed E-state index contributed by atoms with van der Waals surface area (Å²) in [7, 11) is -2.32. The first kappa shape index (κ1) is 20.7. The summed E-state index contributed by atoms with van der Waals surface area (Å²) in [5.41, 5.74) is 0.317. The normalized spacial score (nSPS) is 14.9. The third-order valence-corrected chi connectivity index (χ3v) is 6.28. The first-order valence-electron chi connectivity index (χ1n) is 8.64. The van der Waals surface area contributed by atoms with Gasteiger partial charge in [0.1, 0.15) is 5.75 Å². The van der Waals surface area contributed by atoms with Gasteiger partial charge in [-0.1, -0.05) is 0 Å². The number of nitro groups is 1. The lowest BCUT2D eigenvalue weighted by Gasteiger charge is -2.26. The second-order valence-electron chi connectivity index (χ2n) is 6.14. The van der Waals surface area contributed by atoms with E-state index in [4.69, 9.17) is 9.47 Å². The van der Waals surface area contributed by atoms with Crippen LogP contribution in [0.4, 0.5) is 11.4 Å². The predicted molar refractivity (Wildman–Crippen MR) is 104 cm³/mol. The van der Waals surface area contributed by atoms with E-state index in [-0.39, 0.29) is 40.7 Å². The monoisotopic (exact) mass is 421 g/mol. The zero-order chi connectivity index (χ0) is 21.0. The van der Waals surface area contributed by atoms with Gasteiger partial charge in [-0.3, -0.25) is 14.9 Å². The number of nitrogens with one attached hydrogen (secondary N) is 1. The van der Waals surface area contributed by atoms with Crippen LogP contribution in [0.2, 0.25) is 0 Å². The fraction of sp³-hybridized carbons (Fsp3) is 0.278. The number of ether oxygens (including phenoxy) is 2. The zero-order valence-electron chi connectivity index (χ0n) is 15.5. The maximum Gasteiger partial charge on any atom is 0.273 e. The van der Waals surface area contributed by atoms with E-state index in [1.807, 2.05) is 0 Å². The van der Waals surface area contributed by atoms with E-state index in [1.54, 1.807) is 0 Å². The number of sulfonamides is 1. The van der Waals surface area contributed by atoms with Crippen molar-refractivity contribution < 1.29 is 27.6 Å². The molecule has 1 aliphatic rings. The highest BCUT2D eigenvalue weighted by Gasteiger charge is 2.26. The van der Waals surface area contributed by atoms with Crippen molar-refractivity contribution in [3.05, 3.63) is 58.1 Å². The first-order chi connectivity index (χ1) is 13.8. The number of hydrogen-bond donors (Lipinski definition) is 1. The molecule has 0 radical (unpaired) electrons. The molecule has 0 unspecified atom stereocenters. The Labute approximate surface area is 167 Å². The van der Waals surface area contributed by atoms with Gasteiger partial charge in [0.05, 0.1) is 41.9 Å². The van der Waals surface area contributed by atoms with Crippen LogP contribution < -0.4 is 10.1 Å². The molecule has 29 heavy (non-hydrogen) atoms. The van der Waals surface area contributed by atoms with Crippen LogP contribution in [-0.4, -0.2) is 57.0 Å². The Bertz CT molecular complexity index is 1020. The first-order valence-corrected chi connectivity index (χ1v) is 10.1. The smallest absolute Gasteiger partial charge is 0.273 e. The molecule has 1 saturated heterocycles. The summed E-state index contributed by atoms with van der Waals surface area (Å²) in [4.78, 5) is 22.9. The number of nitro benzene ring substituents is 1. The van der Waals surface area contributed by atoms with Crippen molar-refractivity contribution in [1.29, 1.82) is 0 Å². The van der Waals surface area contributed by atoms with Crippen LogP contribution in [0.3, 0.4) is 0 Å². The summed E-state index contributed by atoms with van der Waals surface area (Å²) in [5, 5.41) is 13.5. The highest BCUT2D eigenvalue weighted by Crippen LogP contribution is 2.29. The Hall–Kier alpha value is -3.02. The lowest BCUT2D eigenvalue weighted by molar-refractivity contribution is -0.384. The molecule has 0 spiro atoms. The summed E-state index contributed by atoms with van der Waals surface area (Å²) in [6, 6.07) is 9.36. The number of carbonyl (C=O) groups excluding carboxylic acids is 1. The average molecular weight is 421 g/mol. The fourth-order valence-corrected chi connectivity index (χ4v) is 4.21. The minimum atomic E-state index is -3.65. The van der Waals surface area contributed by atoms with Gasteiger partial charge in [-0.2, -0.15) is 4.31 Å². The minimum Gasteiger partial charge on any atom is -0.494 e. The van der Waals surface area contributed by atoms with Crippen LogP contribution in [0, 0.1) is 10.1 Å². The number of benzene rings is 2. The van der Waals surface area contributed by atoms with E-state index >= 15 is 0 Å². The van der Waals surface area contributed by atoms with E-state index in [0.717, 1.165) is 0 Å². The number of anilines is 1. The molecule has 0 aromatic heterocycles. The molecule has 2 aromatic rings. The molecule has 10 nitrogen and oxygen atoms in total. The Morgan fingerprint density at radius 2 is 1.83 bits per heavy atom. The molecule has 1 aliphatic heterocycles. The summed E-state index contributed by atoms with van der Waals surface area (Å²) in [6.07, 6.45) is 0. The molecular formula is C18H19N3O7S. The zero-order valence-corrected chi connectivity index (χ0v) is 16.3. The lowest BCUT2D eigenvalue weighted by Crippen LogP contribution is -2.40. The molecule has 154 valence electrons. The molecule has 2 aromatic carbocycles. The number of amides is 1. The van der Waals surface area contributed by atoms with E-state index in [2.05, 4.69) is 5.32 Å². The lowest BCUT2D eigenvalue weighted by atomic mass is 10.2. The van der Waals surface area contributed by atoms with E-state index in [1.165, 1.54) is 53.9 Å². The number of rotatable bonds is 6. The molecule has 0 atom stereocenters. The highest BCUT2D eigenvalue weighted by atomic mass is 32.2. The largest absolute Gasteiger partial charge is 0.494 e. The van der Waals surface area contributed by atoms with Gasteiger partial charge in [-0.25, -0.2) is 8.42 Å². The van der Waals surface area contributed by atoms with Gasteiger partial charge in [0, 0.05) is 24.7 Å². The van der Waals surface area contributed by atoms with Gasteiger partial charge in [-0.05, 0) is 30.3 Å². The molecule has 0 bridgehead atoms. The minimum absolute atomic E-state index is 0.0869. The van der Waals surface area contributed by atoms with Crippen LogP contribution >= 0.6 is 0 Å². The Kier molecular flexibility index (Phi) is 6.11. The van der Waals surface area contributed by atoms with Crippen molar-refractivity contribution in [1.82, 2.24) is 4.31 Å². The second kappa shape index (κ2) is 8.55. The second-order valence-corrected chi connectivity index (χ2v) is 8.07. The van der Waals surface area contributed by atoms with Crippen LogP contribution in [0.5, 0.6) is 5.75 Å². The summed E-state index contributed by atoms with van der Waals surface area (Å²) in [6.45, 7) is 1.25.